The third-order valence-corrected chi connectivity index (χ3v) is 0.767. The lowest BCUT2D eigenvalue weighted by Crippen LogP contribution is -2.40. The third kappa shape index (κ3) is 4.84. The second-order valence-electron chi connectivity index (χ2n) is 1.60. The molecule has 2 nitrogen and oxygen atoms in total. The maximum absolute atomic E-state index is 11.4. The molecule has 0 rings (SSSR count). The summed E-state index contributed by atoms with van der Waals surface area (Å²) in [5.41, 5.74) is 4.61. The Bertz CT molecular complexity index is 87.1. The number of halogens is 4. The van der Waals surface area contributed by atoms with E-state index in [0.717, 1.165) is 0 Å². The summed E-state index contributed by atoms with van der Waals surface area (Å²) in [6.07, 6.45) is -4.34. The van der Waals surface area contributed by atoms with E-state index in [9.17, 15) is 13.2 Å². The third-order valence-electron chi connectivity index (χ3n) is 0.767. The van der Waals surface area contributed by atoms with Crippen molar-refractivity contribution < 1.29 is 17.9 Å². The highest BCUT2D eigenvalue weighted by Gasteiger charge is 2.36. The monoisotopic (exact) mass is 179 g/mol. The summed E-state index contributed by atoms with van der Waals surface area (Å²) in [6, 6.07) is -1.86. The Hall–Kier alpha value is -0.0000000000000000555. The van der Waals surface area contributed by atoms with Gasteiger partial charge >= 0.3 is 6.18 Å². The first-order valence-corrected chi connectivity index (χ1v) is 2.29. The fourth-order valence-electron chi connectivity index (χ4n) is 0.274. The summed E-state index contributed by atoms with van der Waals surface area (Å²) >= 11 is 0. The zero-order chi connectivity index (χ0) is 7.49. The average Bonchev–Trinajstić information content (AvgIpc) is 1.64. The minimum atomic E-state index is -4.34. The van der Waals surface area contributed by atoms with E-state index < -0.39 is 18.8 Å². The zero-order valence-corrected chi connectivity index (χ0v) is 6.13. The molecule has 0 aromatic rings. The Labute approximate surface area is 62.9 Å². The van der Waals surface area contributed by atoms with Crippen LogP contribution in [-0.2, 0) is 4.74 Å². The molecule has 0 aliphatic carbocycles. The van der Waals surface area contributed by atoms with Crippen LogP contribution in [-0.4, -0.2) is 25.9 Å². The van der Waals surface area contributed by atoms with Crippen molar-refractivity contribution in [3.8, 4) is 0 Å². The maximum atomic E-state index is 11.4. The number of methoxy groups -OCH3 is 1. The number of nitrogens with two attached hydrogens (primary N) is 1. The Kier molecular flexibility index (Phi) is 6.02. The first kappa shape index (κ1) is 12.7. The van der Waals surface area contributed by atoms with E-state index in [0.29, 0.717) is 0 Å². The van der Waals surface area contributed by atoms with Gasteiger partial charge in [-0.1, -0.05) is 0 Å². The molecule has 0 spiro atoms. The van der Waals surface area contributed by atoms with Crippen molar-refractivity contribution in [1.82, 2.24) is 0 Å². The molecule has 0 amide bonds. The normalized spacial score (nSPS) is 14.1. The molecule has 0 saturated heterocycles. The van der Waals surface area contributed by atoms with Crippen LogP contribution in [0.5, 0.6) is 0 Å². The Morgan fingerprint density at radius 3 is 2.00 bits per heavy atom. The SMILES string of the molecule is COCC(N)C(F)(F)F.Cl. The van der Waals surface area contributed by atoms with Gasteiger partial charge in [-0.3, -0.25) is 0 Å². The van der Waals surface area contributed by atoms with Gasteiger partial charge in [-0.2, -0.15) is 13.2 Å². The zero-order valence-electron chi connectivity index (χ0n) is 5.31. The van der Waals surface area contributed by atoms with Gasteiger partial charge in [0.05, 0.1) is 6.61 Å². The van der Waals surface area contributed by atoms with Gasteiger partial charge < -0.3 is 10.5 Å². The molecule has 2 N–H and O–H groups in total. The van der Waals surface area contributed by atoms with Crippen molar-refractivity contribution >= 4 is 12.4 Å². The molecular weight excluding hydrogens is 170 g/mol. The van der Waals surface area contributed by atoms with Crippen LogP contribution in [0.15, 0.2) is 0 Å². The predicted octanol–water partition coefficient (Wildman–Crippen LogP) is 0.944. The van der Waals surface area contributed by atoms with E-state index in [1.54, 1.807) is 0 Å². The lowest BCUT2D eigenvalue weighted by atomic mass is 10.3. The minimum absolute atomic E-state index is 0. The number of rotatable bonds is 2. The molecule has 10 heavy (non-hydrogen) atoms. The topological polar surface area (TPSA) is 35.2 Å². The number of ether oxygens (including phenoxy) is 1. The average molecular weight is 180 g/mol. The molecule has 0 bridgehead atoms. The van der Waals surface area contributed by atoms with E-state index in [1.807, 2.05) is 0 Å². The van der Waals surface area contributed by atoms with Gasteiger partial charge in [0.15, 0.2) is 0 Å². The molecule has 0 aliphatic rings. The quantitative estimate of drug-likeness (QED) is 0.685. The summed E-state index contributed by atoms with van der Waals surface area (Å²) in [7, 11) is 1.17. The van der Waals surface area contributed by atoms with E-state index >= 15 is 0 Å². The fourth-order valence-corrected chi connectivity index (χ4v) is 0.274. The smallest absolute Gasteiger partial charge is 0.383 e. The molecule has 0 fully saturated rings. The van der Waals surface area contributed by atoms with Gasteiger partial charge in [-0.25, -0.2) is 0 Å². The molecule has 1 unspecified atom stereocenters. The molecular formula is C4H9ClF3NO. The van der Waals surface area contributed by atoms with Crippen LogP contribution in [0.4, 0.5) is 13.2 Å². The summed E-state index contributed by atoms with van der Waals surface area (Å²) < 4.78 is 38.5. The van der Waals surface area contributed by atoms with Crippen molar-refractivity contribution in [1.29, 1.82) is 0 Å². The Morgan fingerprint density at radius 2 is 1.90 bits per heavy atom. The molecule has 0 saturated carbocycles. The Morgan fingerprint density at radius 1 is 1.50 bits per heavy atom. The van der Waals surface area contributed by atoms with Crippen molar-refractivity contribution in [2.24, 2.45) is 5.73 Å². The van der Waals surface area contributed by atoms with Crippen LogP contribution >= 0.6 is 12.4 Å². The van der Waals surface area contributed by atoms with Crippen LogP contribution in [0.1, 0.15) is 0 Å². The summed E-state index contributed by atoms with van der Waals surface area (Å²) in [5.74, 6) is 0. The van der Waals surface area contributed by atoms with Crippen LogP contribution in [0.3, 0.4) is 0 Å². The highest BCUT2D eigenvalue weighted by atomic mass is 35.5. The summed E-state index contributed by atoms with van der Waals surface area (Å²) in [4.78, 5) is 0. The highest BCUT2D eigenvalue weighted by molar-refractivity contribution is 5.85. The van der Waals surface area contributed by atoms with Crippen molar-refractivity contribution in [3.63, 3.8) is 0 Å². The fraction of sp³-hybridized carbons (Fsp3) is 1.00. The minimum Gasteiger partial charge on any atom is -0.383 e. The molecule has 6 heteroatoms. The predicted molar refractivity (Wildman–Crippen MR) is 33.2 cm³/mol. The molecule has 0 aromatic heterocycles. The number of hydrogen-bond donors (Lipinski definition) is 1. The van der Waals surface area contributed by atoms with E-state index in [-0.39, 0.29) is 12.4 Å². The number of alkyl halides is 3. The van der Waals surface area contributed by atoms with Gasteiger partial charge in [0.25, 0.3) is 0 Å². The van der Waals surface area contributed by atoms with Crippen molar-refractivity contribution in [3.05, 3.63) is 0 Å². The lowest BCUT2D eigenvalue weighted by molar-refractivity contribution is -0.157. The molecule has 0 aliphatic heterocycles. The standard InChI is InChI=1S/C4H8F3NO.ClH/c1-9-2-3(8)4(5,6)7;/h3H,2,8H2,1H3;1H. The second kappa shape index (κ2) is 4.76. The van der Waals surface area contributed by atoms with Gasteiger partial charge in [-0.05, 0) is 0 Å². The second-order valence-corrected chi connectivity index (χ2v) is 1.60. The molecule has 0 radical (unpaired) electrons. The van der Waals surface area contributed by atoms with Gasteiger partial charge in [-0.15, -0.1) is 12.4 Å². The van der Waals surface area contributed by atoms with Crippen molar-refractivity contribution in [2.45, 2.75) is 12.2 Å². The van der Waals surface area contributed by atoms with E-state index in [2.05, 4.69) is 10.5 Å². The molecule has 64 valence electrons. The first-order valence-electron chi connectivity index (χ1n) is 2.29. The summed E-state index contributed by atoms with van der Waals surface area (Å²) in [6.45, 7) is -0.483. The summed E-state index contributed by atoms with van der Waals surface area (Å²) in [5, 5.41) is 0. The number of hydrogen-bond acceptors (Lipinski definition) is 2. The van der Waals surface area contributed by atoms with E-state index in [4.69, 9.17) is 0 Å². The van der Waals surface area contributed by atoms with E-state index in [1.165, 1.54) is 7.11 Å². The van der Waals surface area contributed by atoms with Crippen LogP contribution in [0, 0.1) is 0 Å². The first-order chi connectivity index (χ1) is 3.98. The van der Waals surface area contributed by atoms with Crippen LogP contribution in [0.25, 0.3) is 0 Å². The molecule has 1 atom stereocenters. The molecule has 0 aromatic carbocycles. The Balaban J connectivity index is 0. The van der Waals surface area contributed by atoms with Crippen molar-refractivity contribution in [2.75, 3.05) is 13.7 Å². The van der Waals surface area contributed by atoms with Gasteiger partial charge in [0.2, 0.25) is 0 Å². The molecule has 0 heterocycles. The van der Waals surface area contributed by atoms with Crippen LogP contribution in [0.2, 0.25) is 0 Å². The largest absolute Gasteiger partial charge is 0.405 e. The lowest BCUT2D eigenvalue weighted by Gasteiger charge is -2.13. The van der Waals surface area contributed by atoms with Crippen LogP contribution < -0.4 is 5.73 Å². The van der Waals surface area contributed by atoms with Gasteiger partial charge in [0.1, 0.15) is 6.04 Å². The van der Waals surface area contributed by atoms with Gasteiger partial charge in [0, 0.05) is 7.11 Å². The highest BCUT2D eigenvalue weighted by Crippen LogP contribution is 2.17. The maximum Gasteiger partial charge on any atom is 0.405 e.